The Bertz CT molecular complexity index is 451. The average molecular weight is 286 g/mol. The van der Waals surface area contributed by atoms with E-state index in [1.54, 1.807) is 18.2 Å². The van der Waals surface area contributed by atoms with E-state index in [0.29, 0.717) is 22.8 Å². The summed E-state index contributed by atoms with van der Waals surface area (Å²) in [7, 11) is 0. The molecule has 0 aliphatic rings. The highest BCUT2D eigenvalue weighted by Gasteiger charge is 2.06. The lowest BCUT2D eigenvalue weighted by atomic mass is 10.2. The van der Waals surface area contributed by atoms with Gasteiger partial charge in [0.1, 0.15) is 0 Å². The van der Waals surface area contributed by atoms with Crippen molar-refractivity contribution in [2.45, 2.75) is 26.2 Å². The molecule has 0 aromatic heterocycles. The molecule has 0 spiro atoms. The highest BCUT2D eigenvalue weighted by Crippen LogP contribution is 2.25. The molecule has 0 unspecified atom stereocenters. The van der Waals surface area contributed by atoms with Crippen LogP contribution in [0.3, 0.4) is 0 Å². The van der Waals surface area contributed by atoms with Crippen LogP contribution in [0.5, 0.6) is 0 Å². The first-order valence-corrected chi connectivity index (χ1v) is 6.47. The minimum absolute atomic E-state index is 0.0335. The standard InChI is InChI=1S/C12H16ClN3OS/c1-2-3-4-11(17)16-10-6-5-8(7-9(10)13)15-12(14)18/h5-7H,2-4H2,1H3,(H,16,17)(H3,14,15,18). The van der Waals surface area contributed by atoms with E-state index in [-0.39, 0.29) is 11.0 Å². The monoisotopic (exact) mass is 285 g/mol. The van der Waals surface area contributed by atoms with Gasteiger partial charge in [-0.05, 0) is 36.8 Å². The summed E-state index contributed by atoms with van der Waals surface area (Å²) in [5.74, 6) is -0.0335. The van der Waals surface area contributed by atoms with Crippen molar-refractivity contribution in [3.8, 4) is 0 Å². The summed E-state index contributed by atoms with van der Waals surface area (Å²) in [6.45, 7) is 2.04. The highest BCUT2D eigenvalue weighted by atomic mass is 35.5. The Balaban J connectivity index is 2.67. The summed E-state index contributed by atoms with van der Waals surface area (Å²) < 4.78 is 0. The Morgan fingerprint density at radius 3 is 2.72 bits per heavy atom. The van der Waals surface area contributed by atoms with E-state index >= 15 is 0 Å². The second-order valence-electron chi connectivity index (χ2n) is 3.84. The third-order valence-corrected chi connectivity index (χ3v) is 2.68. The Labute approximate surface area is 117 Å². The van der Waals surface area contributed by atoms with Crippen LogP contribution in [-0.4, -0.2) is 11.0 Å². The first-order chi connectivity index (χ1) is 8.52. The van der Waals surface area contributed by atoms with E-state index in [4.69, 9.17) is 29.6 Å². The van der Waals surface area contributed by atoms with Gasteiger partial charge in [-0.2, -0.15) is 0 Å². The molecule has 1 amide bonds. The van der Waals surface area contributed by atoms with Crippen molar-refractivity contribution in [3.63, 3.8) is 0 Å². The minimum atomic E-state index is -0.0335. The molecule has 98 valence electrons. The maximum Gasteiger partial charge on any atom is 0.224 e. The lowest BCUT2D eigenvalue weighted by Crippen LogP contribution is -2.19. The van der Waals surface area contributed by atoms with Gasteiger partial charge in [0.05, 0.1) is 10.7 Å². The zero-order valence-corrected chi connectivity index (χ0v) is 11.7. The molecule has 0 atom stereocenters. The van der Waals surface area contributed by atoms with Gasteiger partial charge in [-0.3, -0.25) is 4.79 Å². The van der Waals surface area contributed by atoms with Crippen LogP contribution in [0, 0.1) is 0 Å². The van der Waals surface area contributed by atoms with E-state index in [9.17, 15) is 4.79 Å². The summed E-state index contributed by atoms with van der Waals surface area (Å²) in [6, 6.07) is 5.13. The fraction of sp³-hybridized carbons (Fsp3) is 0.333. The van der Waals surface area contributed by atoms with Crippen molar-refractivity contribution in [3.05, 3.63) is 23.2 Å². The predicted octanol–water partition coefficient (Wildman–Crippen LogP) is 3.12. The van der Waals surface area contributed by atoms with Crippen LogP contribution in [0.4, 0.5) is 11.4 Å². The Morgan fingerprint density at radius 2 is 2.17 bits per heavy atom. The van der Waals surface area contributed by atoms with E-state index in [2.05, 4.69) is 10.6 Å². The van der Waals surface area contributed by atoms with Gasteiger partial charge in [0.15, 0.2) is 5.11 Å². The van der Waals surface area contributed by atoms with Crippen molar-refractivity contribution < 1.29 is 4.79 Å². The number of anilines is 2. The number of amides is 1. The normalized spacial score (nSPS) is 9.89. The number of benzene rings is 1. The number of halogens is 1. The van der Waals surface area contributed by atoms with Crippen LogP contribution < -0.4 is 16.4 Å². The second-order valence-corrected chi connectivity index (χ2v) is 4.68. The van der Waals surface area contributed by atoms with Gasteiger partial charge in [-0.15, -0.1) is 0 Å². The Hall–Kier alpha value is -1.33. The molecular weight excluding hydrogens is 270 g/mol. The van der Waals surface area contributed by atoms with Crippen molar-refractivity contribution >= 4 is 46.2 Å². The van der Waals surface area contributed by atoms with Crippen molar-refractivity contribution in [2.75, 3.05) is 10.6 Å². The molecule has 0 heterocycles. The number of hydrogen-bond donors (Lipinski definition) is 3. The van der Waals surface area contributed by atoms with E-state index in [0.717, 1.165) is 12.8 Å². The lowest BCUT2D eigenvalue weighted by Gasteiger charge is -2.09. The van der Waals surface area contributed by atoms with Gasteiger partial charge in [-0.1, -0.05) is 24.9 Å². The molecule has 4 nitrogen and oxygen atoms in total. The van der Waals surface area contributed by atoms with Gasteiger partial charge in [0.2, 0.25) is 5.91 Å². The number of rotatable bonds is 5. The summed E-state index contributed by atoms with van der Waals surface area (Å²) in [6.07, 6.45) is 2.35. The van der Waals surface area contributed by atoms with Crippen LogP contribution >= 0.6 is 23.8 Å². The molecule has 0 saturated carbocycles. The number of nitrogens with two attached hydrogens (primary N) is 1. The molecule has 0 saturated heterocycles. The Morgan fingerprint density at radius 1 is 1.44 bits per heavy atom. The highest BCUT2D eigenvalue weighted by molar-refractivity contribution is 7.80. The molecule has 0 fully saturated rings. The zero-order chi connectivity index (χ0) is 13.5. The SMILES string of the molecule is CCCCC(=O)Nc1ccc(NC(N)=S)cc1Cl. The molecule has 0 aliphatic carbocycles. The smallest absolute Gasteiger partial charge is 0.224 e. The lowest BCUT2D eigenvalue weighted by molar-refractivity contribution is -0.116. The Kier molecular flexibility index (Phi) is 5.88. The van der Waals surface area contributed by atoms with E-state index < -0.39 is 0 Å². The van der Waals surface area contributed by atoms with Crippen LogP contribution in [0.2, 0.25) is 5.02 Å². The molecule has 1 rings (SSSR count). The van der Waals surface area contributed by atoms with Crippen LogP contribution in [0.25, 0.3) is 0 Å². The quantitative estimate of drug-likeness (QED) is 0.727. The number of thiocarbonyl (C=S) groups is 1. The number of carbonyl (C=O) groups is 1. The van der Waals surface area contributed by atoms with E-state index in [1.165, 1.54) is 0 Å². The zero-order valence-electron chi connectivity index (χ0n) is 10.1. The molecular formula is C12H16ClN3OS. The molecule has 4 N–H and O–H groups in total. The average Bonchev–Trinajstić information content (AvgIpc) is 2.29. The van der Waals surface area contributed by atoms with Gasteiger partial charge >= 0.3 is 0 Å². The number of nitrogens with one attached hydrogen (secondary N) is 2. The molecule has 0 bridgehead atoms. The molecule has 1 aromatic carbocycles. The fourth-order valence-corrected chi connectivity index (χ4v) is 1.73. The van der Waals surface area contributed by atoms with E-state index in [1.807, 2.05) is 6.92 Å². The van der Waals surface area contributed by atoms with Crippen LogP contribution in [-0.2, 0) is 4.79 Å². The molecule has 6 heteroatoms. The number of unbranched alkanes of at least 4 members (excludes halogenated alkanes) is 1. The van der Waals surface area contributed by atoms with Crippen molar-refractivity contribution in [1.82, 2.24) is 0 Å². The van der Waals surface area contributed by atoms with Crippen molar-refractivity contribution in [2.24, 2.45) is 5.73 Å². The van der Waals surface area contributed by atoms with Crippen molar-refractivity contribution in [1.29, 1.82) is 0 Å². The third kappa shape index (κ3) is 4.89. The maximum absolute atomic E-state index is 11.6. The number of carbonyl (C=O) groups excluding carboxylic acids is 1. The van der Waals surface area contributed by atoms with Gasteiger partial charge < -0.3 is 16.4 Å². The maximum atomic E-state index is 11.6. The first-order valence-electron chi connectivity index (χ1n) is 5.68. The first kappa shape index (κ1) is 14.7. The molecule has 1 aromatic rings. The topological polar surface area (TPSA) is 67.2 Å². The van der Waals surface area contributed by atoms with Gasteiger partial charge in [0, 0.05) is 12.1 Å². The van der Waals surface area contributed by atoms with Crippen LogP contribution in [0.15, 0.2) is 18.2 Å². The molecule has 0 radical (unpaired) electrons. The van der Waals surface area contributed by atoms with Crippen LogP contribution in [0.1, 0.15) is 26.2 Å². The van der Waals surface area contributed by atoms with Gasteiger partial charge in [0.25, 0.3) is 0 Å². The molecule has 18 heavy (non-hydrogen) atoms. The van der Waals surface area contributed by atoms with Gasteiger partial charge in [-0.25, -0.2) is 0 Å². The summed E-state index contributed by atoms with van der Waals surface area (Å²) in [5, 5.41) is 6.15. The number of hydrogen-bond acceptors (Lipinski definition) is 2. The summed E-state index contributed by atoms with van der Waals surface area (Å²) >= 11 is 10.8. The minimum Gasteiger partial charge on any atom is -0.376 e. The summed E-state index contributed by atoms with van der Waals surface area (Å²) in [5.41, 5.74) is 6.64. The predicted molar refractivity (Wildman–Crippen MR) is 80.0 cm³/mol. The molecule has 0 aliphatic heterocycles. The third-order valence-electron chi connectivity index (χ3n) is 2.27. The largest absolute Gasteiger partial charge is 0.376 e. The fourth-order valence-electron chi connectivity index (χ4n) is 1.39. The summed E-state index contributed by atoms with van der Waals surface area (Å²) in [4.78, 5) is 11.6. The second kappa shape index (κ2) is 7.18.